The first-order valence-electron chi connectivity index (χ1n) is 6.28. The van der Waals surface area contributed by atoms with Crippen molar-refractivity contribution in [2.24, 2.45) is 0 Å². The number of carbonyl (C=O) groups excluding carboxylic acids is 1. The lowest BCUT2D eigenvalue weighted by Crippen LogP contribution is -2.23. The average molecular weight is 335 g/mol. The van der Waals surface area contributed by atoms with Gasteiger partial charge in [-0.3, -0.25) is 9.78 Å². The molecule has 0 fully saturated rings. The highest BCUT2D eigenvalue weighted by molar-refractivity contribution is 9.10. The molecule has 1 amide bonds. The highest BCUT2D eigenvalue weighted by atomic mass is 79.9. The van der Waals surface area contributed by atoms with Crippen LogP contribution in [0.25, 0.3) is 0 Å². The highest BCUT2D eigenvalue weighted by Gasteiger charge is 2.08. The maximum Gasteiger partial charge on any atom is 0.270 e. The molecule has 0 atom stereocenters. The number of pyridine rings is 1. The van der Waals surface area contributed by atoms with Crippen molar-refractivity contribution < 1.29 is 9.53 Å². The van der Waals surface area contributed by atoms with Gasteiger partial charge >= 0.3 is 0 Å². The summed E-state index contributed by atoms with van der Waals surface area (Å²) in [5.41, 5.74) is 1.48. The molecule has 20 heavy (non-hydrogen) atoms. The van der Waals surface area contributed by atoms with E-state index < -0.39 is 0 Å². The number of amides is 1. The summed E-state index contributed by atoms with van der Waals surface area (Å²) >= 11 is 3.46. The Kier molecular flexibility index (Phi) is 4.74. The summed E-state index contributed by atoms with van der Waals surface area (Å²) in [5, 5.41) is 2.71. The number of benzene rings is 1. The number of aryl methyl sites for hydroxylation is 1. The van der Waals surface area contributed by atoms with Crippen LogP contribution in [0.2, 0.25) is 0 Å². The van der Waals surface area contributed by atoms with Gasteiger partial charge in [0, 0.05) is 18.8 Å². The maximum absolute atomic E-state index is 11.7. The second-order valence-corrected chi connectivity index (χ2v) is 5.13. The van der Waals surface area contributed by atoms with Crippen molar-refractivity contribution in [2.75, 3.05) is 6.54 Å². The number of aromatic nitrogens is 1. The van der Waals surface area contributed by atoms with Gasteiger partial charge < -0.3 is 10.1 Å². The molecule has 5 heteroatoms. The zero-order valence-corrected chi connectivity index (χ0v) is 12.9. The number of rotatable bonds is 4. The second-order valence-electron chi connectivity index (χ2n) is 4.27. The van der Waals surface area contributed by atoms with Crippen LogP contribution < -0.4 is 10.1 Å². The topological polar surface area (TPSA) is 51.2 Å². The number of hydrogen-bond donors (Lipinski definition) is 1. The van der Waals surface area contributed by atoms with Gasteiger partial charge in [-0.2, -0.15) is 0 Å². The molecule has 1 heterocycles. The zero-order valence-electron chi connectivity index (χ0n) is 11.3. The zero-order chi connectivity index (χ0) is 14.5. The summed E-state index contributed by atoms with van der Waals surface area (Å²) in [6, 6.07) is 9.16. The van der Waals surface area contributed by atoms with Crippen LogP contribution in [0.15, 0.2) is 41.0 Å². The van der Waals surface area contributed by atoms with Crippen molar-refractivity contribution in [3.63, 3.8) is 0 Å². The Hall–Kier alpha value is -1.88. The first kappa shape index (κ1) is 14.5. The van der Waals surface area contributed by atoms with Gasteiger partial charge in [0.15, 0.2) is 0 Å². The molecule has 0 saturated heterocycles. The summed E-state index contributed by atoms with van der Waals surface area (Å²) in [7, 11) is 0. The molecule has 0 saturated carbocycles. The number of ether oxygens (including phenoxy) is 1. The first-order valence-corrected chi connectivity index (χ1v) is 7.07. The van der Waals surface area contributed by atoms with Gasteiger partial charge in [0.25, 0.3) is 5.91 Å². The van der Waals surface area contributed by atoms with Gasteiger partial charge in [-0.25, -0.2) is 0 Å². The molecule has 0 spiro atoms. The van der Waals surface area contributed by atoms with Crippen molar-refractivity contribution in [1.82, 2.24) is 10.3 Å². The Labute approximate surface area is 126 Å². The largest absolute Gasteiger partial charge is 0.456 e. The van der Waals surface area contributed by atoms with E-state index in [4.69, 9.17) is 4.74 Å². The Bertz CT molecular complexity index is 629. The van der Waals surface area contributed by atoms with Crippen LogP contribution in [0.3, 0.4) is 0 Å². The molecule has 104 valence electrons. The minimum atomic E-state index is -0.207. The Morgan fingerprint density at radius 2 is 2.15 bits per heavy atom. The smallest absolute Gasteiger partial charge is 0.270 e. The predicted molar refractivity (Wildman–Crippen MR) is 81.2 cm³/mol. The van der Waals surface area contributed by atoms with E-state index in [0.717, 1.165) is 10.0 Å². The molecular formula is C15H15BrN2O2. The monoisotopic (exact) mass is 334 g/mol. The number of nitrogens with one attached hydrogen (secondary N) is 1. The van der Waals surface area contributed by atoms with E-state index in [1.807, 2.05) is 32.0 Å². The summed E-state index contributed by atoms with van der Waals surface area (Å²) in [6.45, 7) is 4.44. The van der Waals surface area contributed by atoms with Gasteiger partial charge in [-0.15, -0.1) is 0 Å². The third-order valence-electron chi connectivity index (χ3n) is 2.62. The molecule has 1 aromatic heterocycles. The second kappa shape index (κ2) is 6.52. The summed E-state index contributed by atoms with van der Waals surface area (Å²) in [4.78, 5) is 15.8. The van der Waals surface area contributed by atoms with Crippen LogP contribution in [0.4, 0.5) is 0 Å². The Morgan fingerprint density at radius 3 is 2.85 bits per heavy atom. The van der Waals surface area contributed by atoms with Crippen molar-refractivity contribution in [3.8, 4) is 11.5 Å². The first-order chi connectivity index (χ1) is 9.60. The molecule has 1 aromatic carbocycles. The predicted octanol–water partition coefficient (Wildman–Crippen LogP) is 3.69. The van der Waals surface area contributed by atoms with E-state index in [2.05, 4.69) is 26.2 Å². The fourth-order valence-corrected chi connectivity index (χ4v) is 2.24. The summed E-state index contributed by atoms with van der Waals surface area (Å²) < 4.78 is 6.64. The minimum Gasteiger partial charge on any atom is -0.456 e. The van der Waals surface area contributed by atoms with Gasteiger partial charge in [-0.1, -0.05) is 6.07 Å². The quantitative estimate of drug-likeness (QED) is 0.927. The van der Waals surface area contributed by atoms with E-state index in [1.165, 1.54) is 0 Å². The molecule has 0 aliphatic heterocycles. The molecule has 1 N–H and O–H groups in total. The Balaban J connectivity index is 2.21. The maximum atomic E-state index is 11.7. The number of nitrogens with zero attached hydrogens (tertiary/aromatic N) is 1. The average Bonchev–Trinajstić information content (AvgIpc) is 2.43. The Morgan fingerprint density at radius 1 is 1.35 bits per heavy atom. The molecule has 0 unspecified atom stereocenters. The van der Waals surface area contributed by atoms with E-state index in [9.17, 15) is 4.79 Å². The van der Waals surface area contributed by atoms with Crippen LogP contribution >= 0.6 is 15.9 Å². The van der Waals surface area contributed by atoms with Crippen LogP contribution in [0.1, 0.15) is 23.0 Å². The molecule has 2 aromatic rings. The van der Waals surface area contributed by atoms with Crippen molar-refractivity contribution in [2.45, 2.75) is 13.8 Å². The SMILES string of the molecule is CCNC(=O)c1cc(Oc2ccc(C)cc2Br)ccn1. The number of carbonyl (C=O) groups is 1. The van der Waals surface area contributed by atoms with Crippen LogP contribution in [0.5, 0.6) is 11.5 Å². The standard InChI is InChI=1S/C15H15BrN2O2/c1-3-17-15(19)13-9-11(6-7-18-13)20-14-5-4-10(2)8-12(14)16/h4-9H,3H2,1-2H3,(H,17,19). The van der Waals surface area contributed by atoms with Crippen LogP contribution in [-0.4, -0.2) is 17.4 Å². The van der Waals surface area contributed by atoms with Crippen LogP contribution in [-0.2, 0) is 0 Å². The summed E-state index contributed by atoms with van der Waals surface area (Å²) in [5.74, 6) is 1.07. The molecule has 0 aliphatic carbocycles. The lowest BCUT2D eigenvalue weighted by atomic mass is 10.2. The van der Waals surface area contributed by atoms with Gasteiger partial charge in [0.1, 0.15) is 17.2 Å². The molecular weight excluding hydrogens is 320 g/mol. The summed E-state index contributed by atoms with van der Waals surface area (Å²) in [6.07, 6.45) is 1.56. The van der Waals surface area contributed by atoms with Gasteiger partial charge in [0.05, 0.1) is 4.47 Å². The molecule has 0 bridgehead atoms. The van der Waals surface area contributed by atoms with E-state index in [1.54, 1.807) is 18.3 Å². The van der Waals surface area contributed by atoms with E-state index >= 15 is 0 Å². The third kappa shape index (κ3) is 3.57. The fourth-order valence-electron chi connectivity index (χ4n) is 1.67. The molecule has 2 rings (SSSR count). The van der Waals surface area contributed by atoms with Crippen molar-refractivity contribution in [3.05, 3.63) is 52.3 Å². The lowest BCUT2D eigenvalue weighted by molar-refractivity contribution is 0.0950. The van der Waals surface area contributed by atoms with Gasteiger partial charge in [-0.05, 0) is 53.5 Å². The fraction of sp³-hybridized carbons (Fsp3) is 0.200. The number of halogens is 1. The molecule has 4 nitrogen and oxygen atoms in total. The van der Waals surface area contributed by atoms with Crippen molar-refractivity contribution >= 4 is 21.8 Å². The van der Waals surface area contributed by atoms with E-state index in [-0.39, 0.29) is 5.91 Å². The minimum absolute atomic E-state index is 0.207. The highest BCUT2D eigenvalue weighted by Crippen LogP contribution is 2.30. The van der Waals surface area contributed by atoms with Crippen LogP contribution in [0, 0.1) is 6.92 Å². The van der Waals surface area contributed by atoms with Crippen molar-refractivity contribution in [1.29, 1.82) is 0 Å². The van der Waals surface area contributed by atoms with Gasteiger partial charge in [0.2, 0.25) is 0 Å². The molecule has 0 aliphatic rings. The lowest BCUT2D eigenvalue weighted by Gasteiger charge is -2.09. The normalized spacial score (nSPS) is 10.2. The number of hydrogen-bond acceptors (Lipinski definition) is 3. The third-order valence-corrected chi connectivity index (χ3v) is 3.24. The van der Waals surface area contributed by atoms with E-state index in [0.29, 0.717) is 23.7 Å². The molecule has 0 radical (unpaired) electrons.